The SMILES string of the molecule is C=CCN=C(C(=CN)C(=O)NC1CC1)C(F)(F)F. The van der Waals surface area contributed by atoms with Crippen molar-refractivity contribution in [2.45, 2.75) is 25.1 Å². The van der Waals surface area contributed by atoms with Gasteiger partial charge in [-0.2, -0.15) is 13.2 Å². The molecule has 0 aromatic carbocycles. The van der Waals surface area contributed by atoms with E-state index >= 15 is 0 Å². The van der Waals surface area contributed by atoms with Crippen molar-refractivity contribution in [1.82, 2.24) is 5.32 Å². The number of alkyl halides is 3. The standard InChI is InChI=1S/C11H14F3N3O/c1-2-5-16-9(11(12,13)14)8(6-15)10(18)17-7-3-4-7/h2,6-7H,1,3-5,15H2,(H,17,18). The second kappa shape index (κ2) is 5.70. The number of nitrogens with one attached hydrogen (secondary N) is 1. The summed E-state index contributed by atoms with van der Waals surface area (Å²) >= 11 is 0. The van der Waals surface area contributed by atoms with Gasteiger partial charge >= 0.3 is 6.18 Å². The maximum absolute atomic E-state index is 12.8. The van der Waals surface area contributed by atoms with Crippen molar-refractivity contribution in [1.29, 1.82) is 0 Å². The zero-order valence-corrected chi connectivity index (χ0v) is 9.63. The van der Waals surface area contributed by atoms with Crippen LogP contribution in [0, 0.1) is 0 Å². The molecule has 1 rings (SSSR count). The highest BCUT2D eigenvalue weighted by Crippen LogP contribution is 2.24. The van der Waals surface area contributed by atoms with Crippen molar-refractivity contribution in [3.05, 3.63) is 24.4 Å². The summed E-state index contributed by atoms with van der Waals surface area (Å²) in [7, 11) is 0. The van der Waals surface area contributed by atoms with Crippen LogP contribution in [0.5, 0.6) is 0 Å². The third kappa shape index (κ3) is 3.90. The summed E-state index contributed by atoms with van der Waals surface area (Å²) < 4.78 is 38.3. The number of amides is 1. The molecule has 0 aliphatic heterocycles. The summed E-state index contributed by atoms with van der Waals surface area (Å²) in [6.45, 7) is 3.04. The molecule has 0 heterocycles. The molecule has 0 aromatic rings. The van der Waals surface area contributed by atoms with Gasteiger partial charge in [0.15, 0.2) is 5.71 Å². The van der Waals surface area contributed by atoms with E-state index in [1.165, 1.54) is 6.08 Å². The van der Waals surface area contributed by atoms with Crippen LogP contribution in [0.25, 0.3) is 0 Å². The van der Waals surface area contributed by atoms with Gasteiger partial charge in [-0.25, -0.2) is 0 Å². The summed E-state index contributed by atoms with van der Waals surface area (Å²) in [6.07, 6.45) is -1.34. The summed E-state index contributed by atoms with van der Waals surface area (Å²) in [5.41, 5.74) is 3.18. The molecule has 0 radical (unpaired) electrons. The number of carbonyl (C=O) groups excluding carboxylic acids is 1. The third-order valence-electron chi connectivity index (χ3n) is 2.23. The van der Waals surface area contributed by atoms with Crippen LogP contribution in [0.1, 0.15) is 12.8 Å². The monoisotopic (exact) mass is 261 g/mol. The lowest BCUT2D eigenvalue weighted by Crippen LogP contribution is -2.36. The molecule has 18 heavy (non-hydrogen) atoms. The van der Waals surface area contributed by atoms with Gasteiger partial charge in [-0.15, -0.1) is 6.58 Å². The van der Waals surface area contributed by atoms with Gasteiger partial charge in [-0.05, 0) is 12.8 Å². The highest BCUT2D eigenvalue weighted by molar-refractivity contribution is 6.23. The van der Waals surface area contributed by atoms with Crippen molar-refractivity contribution in [3.8, 4) is 0 Å². The molecule has 0 atom stereocenters. The molecule has 0 spiro atoms. The van der Waals surface area contributed by atoms with Crippen LogP contribution in [-0.4, -0.2) is 30.4 Å². The van der Waals surface area contributed by atoms with Crippen molar-refractivity contribution in [2.75, 3.05) is 6.54 Å². The number of aliphatic imine (C=N–C) groups is 1. The Bertz CT molecular complexity index is 395. The Balaban J connectivity index is 2.93. The molecular weight excluding hydrogens is 247 g/mol. The summed E-state index contributed by atoms with van der Waals surface area (Å²) in [6, 6.07) is -0.0543. The number of hydrogen-bond donors (Lipinski definition) is 2. The van der Waals surface area contributed by atoms with Gasteiger partial charge in [-0.1, -0.05) is 6.08 Å². The minimum absolute atomic E-state index is 0.0543. The molecule has 3 N–H and O–H groups in total. The zero-order valence-electron chi connectivity index (χ0n) is 9.63. The van der Waals surface area contributed by atoms with Gasteiger partial charge < -0.3 is 11.1 Å². The summed E-state index contributed by atoms with van der Waals surface area (Å²) in [5, 5.41) is 2.44. The molecule has 1 amide bonds. The van der Waals surface area contributed by atoms with Gasteiger partial charge in [0, 0.05) is 12.2 Å². The predicted molar refractivity (Wildman–Crippen MR) is 62.0 cm³/mol. The molecule has 0 bridgehead atoms. The van der Waals surface area contributed by atoms with E-state index in [1.54, 1.807) is 0 Å². The van der Waals surface area contributed by atoms with Gasteiger partial charge in [0.05, 0.1) is 12.1 Å². The number of nitrogens with zero attached hydrogens (tertiary/aromatic N) is 1. The fourth-order valence-electron chi connectivity index (χ4n) is 1.24. The van der Waals surface area contributed by atoms with Crippen molar-refractivity contribution >= 4 is 11.6 Å². The first-order chi connectivity index (χ1) is 8.40. The van der Waals surface area contributed by atoms with E-state index in [1.807, 2.05) is 0 Å². The molecule has 0 unspecified atom stereocenters. The zero-order chi connectivity index (χ0) is 13.8. The minimum Gasteiger partial charge on any atom is -0.404 e. The Hall–Kier alpha value is -1.79. The Morgan fingerprint density at radius 1 is 1.50 bits per heavy atom. The van der Waals surface area contributed by atoms with Gasteiger partial charge in [0.25, 0.3) is 5.91 Å². The second-order valence-electron chi connectivity index (χ2n) is 3.80. The number of hydrogen-bond acceptors (Lipinski definition) is 3. The lowest BCUT2D eigenvalue weighted by molar-refractivity contribution is -0.117. The number of nitrogens with two attached hydrogens (primary N) is 1. The van der Waals surface area contributed by atoms with Crippen LogP contribution in [-0.2, 0) is 4.79 Å². The second-order valence-corrected chi connectivity index (χ2v) is 3.80. The maximum atomic E-state index is 12.8. The van der Waals surface area contributed by atoms with E-state index in [0.29, 0.717) is 6.20 Å². The number of halogens is 3. The molecule has 1 fully saturated rings. The first-order valence-corrected chi connectivity index (χ1v) is 5.35. The van der Waals surface area contributed by atoms with Crippen molar-refractivity contribution in [3.63, 3.8) is 0 Å². The predicted octanol–water partition coefficient (Wildman–Crippen LogP) is 1.30. The topological polar surface area (TPSA) is 67.5 Å². The molecule has 0 saturated heterocycles. The van der Waals surface area contributed by atoms with Crippen LogP contribution < -0.4 is 11.1 Å². The molecule has 7 heteroatoms. The lowest BCUT2D eigenvalue weighted by atomic mass is 10.1. The molecule has 1 saturated carbocycles. The van der Waals surface area contributed by atoms with Crippen molar-refractivity contribution < 1.29 is 18.0 Å². The van der Waals surface area contributed by atoms with Crippen LogP contribution in [0.2, 0.25) is 0 Å². The summed E-state index contributed by atoms with van der Waals surface area (Å²) in [5.74, 6) is -0.847. The number of rotatable bonds is 5. The van der Waals surface area contributed by atoms with Crippen LogP contribution in [0.15, 0.2) is 29.4 Å². The summed E-state index contributed by atoms with van der Waals surface area (Å²) in [4.78, 5) is 14.9. The normalized spacial score (nSPS) is 17.5. The lowest BCUT2D eigenvalue weighted by Gasteiger charge is -2.13. The Morgan fingerprint density at radius 3 is 2.50 bits per heavy atom. The molecule has 100 valence electrons. The van der Waals surface area contributed by atoms with Gasteiger partial charge in [0.1, 0.15) is 0 Å². The van der Waals surface area contributed by atoms with E-state index in [4.69, 9.17) is 5.73 Å². The Labute approximate surface area is 102 Å². The average Bonchev–Trinajstić information content (AvgIpc) is 3.06. The fourth-order valence-corrected chi connectivity index (χ4v) is 1.24. The van der Waals surface area contributed by atoms with Crippen LogP contribution in [0.4, 0.5) is 13.2 Å². The highest BCUT2D eigenvalue weighted by Gasteiger charge is 2.40. The van der Waals surface area contributed by atoms with Crippen molar-refractivity contribution in [2.24, 2.45) is 10.7 Å². The van der Waals surface area contributed by atoms with Gasteiger partial charge in [0.2, 0.25) is 0 Å². The van der Waals surface area contributed by atoms with E-state index in [-0.39, 0.29) is 12.6 Å². The maximum Gasteiger partial charge on any atom is 0.433 e. The Morgan fingerprint density at radius 2 is 2.11 bits per heavy atom. The van der Waals surface area contributed by atoms with Crippen LogP contribution >= 0.6 is 0 Å². The van der Waals surface area contributed by atoms with Crippen LogP contribution in [0.3, 0.4) is 0 Å². The van der Waals surface area contributed by atoms with E-state index in [9.17, 15) is 18.0 Å². The van der Waals surface area contributed by atoms with E-state index in [0.717, 1.165) is 12.8 Å². The molecule has 4 nitrogen and oxygen atoms in total. The molecule has 1 aliphatic rings. The van der Waals surface area contributed by atoms with E-state index in [2.05, 4.69) is 16.9 Å². The van der Waals surface area contributed by atoms with E-state index < -0.39 is 23.4 Å². The quantitative estimate of drug-likeness (QED) is 0.445. The molecular formula is C11H14F3N3O. The minimum atomic E-state index is -4.73. The third-order valence-corrected chi connectivity index (χ3v) is 2.23. The molecule has 1 aliphatic carbocycles. The highest BCUT2D eigenvalue weighted by atomic mass is 19.4. The number of carbonyl (C=O) groups is 1. The largest absolute Gasteiger partial charge is 0.433 e. The van der Waals surface area contributed by atoms with Gasteiger partial charge in [-0.3, -0.25) is 9.79 Å². The Kier molecular flexibility index (Phi) is 4.52. The smallest absolute Gasteiger partial charge is 0.404 e. The first-order valence-electron chi connectivity index (χ1n) is 5.35. The first kappa shape index (κ1) is 14.3. The fraction of sp³-hybridized carbons (Fsp3) is 0.455. The molecule has 0 aromatic heterocycles. The average molecular weight is 261 g/mol.